The lowest BCUT2D eigenvalue weighted by Crippen LogP contribution is -2.36. The Hall–Kier alpha value is -0.530. The fraction of sp³-hybridized carbons (Fsp3) is 0.917. The van der Waals surface area contributed by atoms with Crippen LogP contribution in [0.2, 0.25) is 0 Å². The molecule has 0 radical (unpaired) electrons. The molecule has 0 heterocycles. The van der Waals surface area contributed by atoms with Gasteiger partial charge in [-0.3, -0.25) is 4.79 Å². The summed E-state index contributed by atoms with van der Waals surface area (Å²) in [5.41, 5.74) is 0. The summed E-state index contributed by atoms with van der Waals surface area (Å²) in [5.74, 6) is 1.84. The summed E-state index contributed by atoms with van der Waals surface area (Å²) in [7, 11) is 0. The highest BCUT2D eigenvalue weighted by atomic mass is 16.1. The largest absolute Gasteiger partial charge is 0.354 e. The Kier molecular flexibility index (Phi) is 4.43. The molecule has 14 heavy (non-hydrogen) atoms. The fourth-order valence-electron chi connectivity index (χ4n) is 2.50. The fourth-order valence-corrected chi connectivity index (χ4v) is 2.50. The monoisotopic (exact) mass is 197 g/mol. The van der Waals surface area contributed by atoms with Crippen molar-refractivity contribution in [2.75, 3.05) is 0 Å². The molecule has 0 aromatic heterocycles. The molecule has 1 amide bonds. The molecule has 0 aliphatic heterocycles. The first-order valence-electron chi connectivity index (χ1n) is 5.85. The molecule has 2 heteroatoms. The van der Waals surface area contributed by atoms with Crippen molar-refractivity contribution in [3.63, 3.8) is 0 Å². The summed E-state index contributed by atoms with van der Waals surface area (Å²) in [6.07, 6.45) is 6.30. The molecule has 1 saturated carbocycles. The van der Waals surface area contributed by atoms with E-state index in [4.69, 9.17) is 0 Å². The van der Waals surface area contributed by atoms with Crippen molar-refractivity contribution in [3.05, 3.63) is 0 Å². The third-order valence-corrected chi connectivity index (χ3v) is 3.06. The molecular weight excluding hydrogens is 174 g/mol. The highest BCUT2D eigenvalue weighted by Crippen LogP contribution is 2.29. The predicted octanol–water partition coefficient (Wildman–Crippen LogP) is 2.73. The molecule has 1 aliphatic carbocycles. The van der Waals surface area contributed by atoms with Gasteiger partial charge >= 0.3 is 0 Å². The van der Waals surface area contributed by atoms with Crippen LogP contribution in [0.3, 0.4) is 0 Å². The van der Waals surface area contributed by atoms with E-state index < -0.39 is 0 Å². The quantitative estimate of drug-likeness (QED) is 0.740. The van der Waals surface area contributed by atoms with Crippen LogP contribution >= 0.6 is 0 Å². The van der Waals surface area contributed by atoms with Crippen molar-refractivity contribution in [1.29, 1.82) is 0 Å². The summed E-state index contributed by atoms with van der Waals surface area (Å²) in [4.78, 5) is 10.9. The van der Waals surface area contributed by atoms with E-state index >= 15 is 0 Å². The maximum Gasteiger partial charge on any atom is 0.217 e. The SMILES string of the molecule is CC(=O)N[C@H]1CC[C@@H](CC(C)C)CC1. The Balaban J connectivity index is 2.21. The van der Waals surface area contributed by atoms with Crippen molar-refractivity contribution in [1.82, 2.24) is 5.32 Å². The first-order valence-corrected chi connectivity index (χ1v) is 5.85. The minimum atomic E-state index is 0.123. The Morgan fingerprint density at radius 2 is 1.86 bits per heavy atom. The van der Waals surface area contributed by atoms with Crippen molar-refractivity contribution < 1.29 is 4.79 Å². The number of hydrogen-bond donors (Lipinski definition) is 1. The van der Waals surface area contributed by atoms with Gasteiger partial charge in [-0.25, -0.2) is 0 Å². The third-order valence-electron chi connectivity index (χ3n) is 3.06. The van der Waals surface area contributed by atoms with Crippen molar-refractivity contribution in [2.45, 2.75) is 58.9 Å². The molecule has 0 atom stereocenters. The smallest absolute Gasteiger partial charge is 0.217 e. The minimum absolute atomic E-state index is 0.123. The molecule has 1 N–H and O–H groups in total. The molecule has 0 spiro atoms. The number of carbonyl (C=O) groups is 1. The topological polar surface area (TPSA) is 29.1 Å². The van der Waals surface area contributed by atoms with Crippen molar-refractivity contribution >= 4 is 5.91 Å². The summed E-state index contributed by atoms with van der Waals surface area (Å²) in [6, 6.07) is 0.455. The van der Waals surface area contributed by atoms with E-state index in [1.54, 1.807) is 6.92 Å². The summed E-state index contributed by atoms with van der Waals surface area (Å²) in [5, 5.41) is 3.02. The van der Waals surface area contributed by atoms with E-state index in [-0.39, 0.29) is 5.91 Å². The molecule has 0 aromatic carbocycles. The van der Waals surface area contributed by atoms with E-state index in [9.17, 15) is 4.79 Å². The molecule has 1 fully saturated rings. The van der Waals surface area contributed by atoms with Crippen LogP contribution in [-0.2, 0) is 4.79 Å². The number of nitrogens with one attached hydrogen (secondary N) is 1. The van der Waals surface area contributed by atoms with Gasteiger partial charge in [0.15, 0.2) is 0 Å². The minimum Gasteiger partial charge on any atom is -0.354 e. The molecule has 0 aromatic rings. The molecule has 0 bridgehead atoms. The first-order chi connectivity index (χ1) is 6.58. The van der Waals surface area contributed by atoms with E-state index in [0.717, 1.165) is 11.8 Å². The van der Waals surface area contributed by atoms with Crippen LogP contribution in [0.4, 0.5) is 0 Å². The van der Waals surface area contributed by atoms with Crippen molar-refractivity contribution in [2.24, 2.45) is 11.8 Å². The maximum absolute atomic E-state index is 10.9. The summed E-state index contributed by atoms with van der Waals surface area (Å²) < 4.78 is 0. The van der Waals surface area contributed by atoms with Crippen LogP contribution in [0.5, 0.6) is 0 Å². The van der Waals surface area contributed by atoms with Crippen LogP contribution < -0.4 is 5.32 Å². The van der Waals surface area contributed by atoms with E-state index in [2.05, 4.69) is 19.2 Å². The number of rotatable bonds is 3. The van der Waals surface area contributed by atoms with E-state index in [0.29, 0.717) is 6.04 Å². The Morgan fingerprint density at radius 1 is 1.29 bits per heavy atom. The van der Waals surface area contributed by atoms with E-state index in [1.165, 1.54) is 32.1 Å². The number of carbonyl (C=O) groups excluding carboxylic acids is 1. The zero-order valence-corrected chi connectivity index (χ0v) is 9.68. The second-order valence-electron chi connectivity index (χ2n) is 5.05. The van der Waals surface area contributed by atoms with Gasteiger partial charge in [-0.1, -0.05) is 13.8 Å². The molecule has 1 rings (SSSR count). The Morgan fingerprint density at radius 3 is 2.29 bits per heavy atom. The summed E-state index contributed by atoms with van der Waals surface area (Å²) >= 11 is 0. The van der Waals surface area contributed by atoms with Gasteiger partial charge in [0.05, 0.1) is 0 Å². The van der Waals surface area contributed by atoms with Crippen LogP contribution in [-0.4, -0.2) is 11.9 Å². The second kappa shape index (κ2) is 5.38. The highest BCUT2D eigenvalue weighted by Gasteiger charge is 2.21. The maximum atomic E-state index is 10.9. The van der Waals surface area contributed by atoms with Gasteiger partial charge in [0.2, 0.25) is 5.91 Å². The molecule has 0 unspecified atom stereocenters. The molecule has 0 saturated heterocycles. The van der Waals surface area contributed by atoms with Gasteiger partial charge in [0.25, 0.3) is 0 Å². The van der Waals surface area contributed by atoms with Crippen LogP contribution in [0.25, 0.3) is 0 Å². The Bertz CT molecular complexity index is 181. The lowest BCUT2D eigenvalue weighted by molar-refractivity contribution is -0.119. The van der Waals surface area contributed by atoms with E-state index in [1.807, 2.05) is 0 Å². The number of hydrogen-bond acceptors (Lipinski definition) is 1. The Labute approximate surface area is 87.5 Å². The first kappa shape index (κ1) is 11.5. The summed E-state index contributed by atoms with van der Waals surface area (Å²) in [6.45, 7) is 6.19. The highest BCUT2D eigenvalue weighted by molar-refractivity contribution is 5.73. The molecule has 1 aliphatic rings. The third kappa shape index (κ3) is 4.12. The molecular formula is C12H23NO. The van der Waals surface area contributed by atoms with Gasteiger partial charge in [-0.15, -0.1) is 0 Å². The van der Waals surface area contributed by atoms with Gasteiger partial charge in [0.1, 0.15) is 0 Å². The lowest BCUT2D eigenvalue weighted by Gasteiger charge is -2.29. The van der Waals surface area contributed by atoms with Gasteiger partial charge in [-0.2, -0.15) is 0 Å². The standard InChI is InChI=1S/C12H23NO/c1-9(2)8-11-4-6-12(7-5-11)13-10(3)14/h9,11-12H,4-8H2,1-3H3,(H,13,14)/t11-,12+. The zero-order valence-electron chi connectivity index (χ0n) is 9.68. The molecule has 2 nitrogen and oxygen atoms in total. The van der Waals surface area contributed by atoms with Crippen LogP contribution in [0, 0.1) is 11.8 Å². The van der Waals surface area contributed by atoms with Gasteiger partial charge < -0.3 is 5.32 Å². The van der Waals surface area contributed by atoms with Crippen LogP contribution in [0.15, 0.2) is 0 Å². The average molecular weight is 197 g/mol. The predicted molar refractivity (Wildman–Crippen MR) is 59.0 cm³/mol. The van der Waals surface area contributed by atoms with Gasteiger partial charge in [-0.05, 0) is 43.9 Å². The lowest BCUT2D eigenvalue weighted by atomic mass is 9.81. The van der Waals surface area contributed by atoms with Crippen LogP contribution in [0.1, 0.15) is 52.9 Å². The van der Waals surface area contributed by atoms with Gasteiger partial charge in [0, 0.05) is 13.0 Å². The zero-order chi connectivity index (χ0) is 10.6. The number of amides is 1. The second-order valence-corrected chi connectivity index (χ2v) is 5.05. The van der Waals surface area contributed by atoms with Crippen molar-refractivity contribution in [3.8, 4) is 0 Å². The normalized spacial score (nSPS) is 27.7. The average Bonchev–Trinajstić information content (AvgIpc) is 2.06. The molecule has 82 valence electrons.